The van der Waals surface area contributed by atoms with Crippen LogP contribution in [0.4, 0.5) is 0 Å². The molecule has 0 unspecified atom stereocenters. The molecule has 5 saturated carbocycles. The smallest absolute Gasteiger partial charge is 0.315 e. The molecule has 29 heteroatoms. The number of fused-ring (bicyclic) bond motifs is 2. The largest absolute Gasteiger partial charge is 0.493 e. The first kappa shape index (κ1) is 109. The van der Waals surface area contributed by atoms with Crippen molar-refractivity contribution >= 4 is 118 Å². The van der Waals surface area contributed by atoms with Gasteiger partial charge in [0.05, 0.1) is 87.6 Å². The zero-order valence-electron chi connectivity index (χ0n) is 75.1. The second-order valence-electron chi connectivity index (χ2n) is 31.6. The maximum Gasteiger partial charge on any atom is 0.315 e. The first-order chi connectivity index (χ1) is 62.5. The maximum absolute atomic E-state index is 12.4. The van der Waals surface area contributed by atoms with Crippen LogP contribution in [-0.2, 0) is 23.8 Å². The Kier molecular flexibility index (Phi) is 58.2. The van der Waals surface area contributed by atoms with E-state index in [0.717, 1.165) is 121 Å². The SMILES string of the molecule is C1CCOC1.CCO.COC(=O)CS.COC(=O)CSc1cccc(OCC2CCCCC2)c1.Ic1cccc(OCC2CCCCC2)c1.N/N=N/N.NCCSc1cccc(OCC2CCCCC2)c1.O=C1NC(=O)c2ccccc21.O=C1c2ccccc2C(=O)N1CCSc1cccc(OCC2CCCCC2)c1.OCCSc1cccc(OCC2CCCCC2)c1. The number of carbonyl (C=O) groups excluding carboxylic acids is 6. The number of ether oxygens (including phenoxy) is 8. The van der Waals surface area contributed by atoms with Gasteiger partial charge in [-0.05, 0) is 251 Å². The Morgan fingerprint density at radius 3 is 1.04 bits per heavy atom. The summed E-state index contributed by atoms with van der Waals surface area (Å²) in [6.07, 6.45) is 36.2. The lowest BCUT2D eigenvalue weighted by molar-refractivity contribution is -0.138. The number of methoxy groups -OCH3 is 2. The number of hydrogen-bond donors (Lipinski definition) is 7. The van der Waals surface area contributed by atoms with Crippen LogP contribution in [0.15, 0.2) is 200 Å². The number of rotatable bonds is 29. The Hall–Kier alpha value is -7.72. The highest BCUT2D eigenvalue weighted by atomic mass is 127. The van der Waals surface area contributed by atoms with Gasteiger partial charge < -0.3 is 65.5 Å². The molecular weight excluding hydrogens is 1830 g/mol. The van der Waals surface area contributed by atoms with Gasteiger partial charge >= 0.3 is 11.9 Å². The van der Waals surface area contributed by atoms with Gasteiger partial charge in [0, 0.05) is 73.3 Å². The van der Waals surface area contributed by atoms with Gasteiger partial charge in [-0.1, -0.05) is 161 Å². The fraction of sp³-hybridized carbons (Fsp3) is 0.515. The van der Waals surface area contributed by atoms with Crippen molar-refractivity contribution in [2.24, 2.45) is 57.5 Å². The molecule has 0 atom stereocenters. The molecule has 23 nitrogen and oxygen atoms in total. The number of thiol groups is 1. The van der Waals surface area contributed by atoms with Gasteiger partial charge in [-0.15, -0.1) is 47.0 Å². The van der Waals surface area contributed by atoms with E-state index in [0.29, 0.717) is 52.1 Å². The fourth-order valence-electron chi connectivity index (χ4n) is 14.9. The summed E-state index contributed by atoms with van der Waals surface area (Å²) < 4.78 is 44.5. The van der Waals surface area contributed by atoms with Crippen LogP contribution >= 0.6 is 82.3 Å². The molecule has 0 bridgehead atoms. The number of nitrogens with two attached hydrogens (primary N) is 3. The lowest BCUT2D eigenvalue weighted by atomic mass is 9.90. The number of hydrogen-bond acceptors (Lipinski definition) is 24. The zero-order chi connectivity index (χ0) is 91.8. The Morgan fingerprint density at radius 1 is 0.438 bits per heavy atom. The van der Waals surface area contributed by atoms with Crippen LogP contribution in [0, 0.1) is 33.2 Å². The summed E-state index contributed by atoms with van der Waals surface area (Å²) in [5.41, 5.74) is 7.48. The molecule has 0 spiro atoms. The van der Waals surface area contributed by atoms with Crippen molar-refractivity contribution in [1.29, 1.82) is 0 Å². The van der Waals surface area contributed by atoms with Crippen LogP contribution in [0.3, 0.4) is 0 Å². The zero-order valence-corrected chi connectivity index (χ0v) is 81.4. The molecule has 1 saturated heterocycles. The van der Waals surface area contributed by atoms with Crippen LogP contribution in [0.25, 0.3) is 0 Å². The molecule has 9 N–H and O–H groups in total. The molecule has 0 radical (unpaired) electrons. The van der Waals surface area contributed by atoms with Gasteiger partial charge in [-0.3, -0.25) is 39.0 Å². The number of aliphatic hydroxyl groups excluding tert-OH is 2. The molecule has 3 aliphatic heterocycles. The van der Waals surface area contributed by atoms with Crippen LogP contribution in [0.1, 0.15) is 222 Å². The molecule has 7 aromatic carbocycles. The second-order valence-corrected chi connectivity index (χ2v) is 37.7. The van der Waals surface area contributed by atoms with Crippen LogP contribution in [-0.4, -0.2) is 166 Å². The van der Waals surface area contributed by atoms with E-state index in [1.165, 1.54) is 218 Å². The monoisotopic (exact) mass is 1970 g/mol. The summed E-state index contributed by atoms with van der Waals surface area (Å²) in [5.74, 6) is 18.6. The molecule has 0 aromatic heterocycles. The number of thioether (sulfide) groups is 4. The molecule has 128 heavy (non-hydrogen) atoms. The number of imide groups is 2. The number of nitrogens with one attached hydrogen (secondary N) is 1. The van der Waals surface area contributed by atoms with E-state index >= 15 is 0 Å². The number of carbonyl (C=O) groups is 6. The van der Waals surface area contributed by atoms with Crippen molar-refractivity contribution in [3.05, 3.63) is 196 Å². The first-order valence-corrected chi connectivity index (χ1v) is 50.9. The minimum absolute atomic E-state index is 0.163. The minimum atomic E-state index is -0.300. The molecule has 702 valence electrons. The molecule has 8 aliphatic rings. The van der Waals surface area contributed by atoms with E-state index < -0.39 is 0 Å². The van der Waals surface area contributed by atoms with E-state index in [1.54, 1.807) is 90.7 Å². The Morgan fingerprint density at radius 2 is 0.750 bits per heavy atom. The fourth-order valence-corrected chi connectivity index (χ4v) is 18.7. The number of nitrogens with zero attached hydrogens (tertiary/aromatic N) is 3. The van der Waals surface area contributed by atoms with Crippen molar-refractivity contribution in [2.45, 2.75) is 200 Å². The van der Waals surface area contributed by atoms with Gasteiger partial charge in [0.15, 0.2) is 0 Å². The molecule has 4 amide bonds. The molecule has 3 heterocycles. The van der Waals surface area contributed by atoms with E-state index in [-0.39, 0.29) is 54.5 Å². The summed E-state index contributed by atoms with van der Waals surface area (Å²) in [6.45, 7) is 9.52. The topological polar surface area (TPSA) is 335 Å². The van der Waals surface area contributed by atoms with Crippen molar-refractivity contribution in [3.8, 4) is 28.7 Å². The Bertz CT molecular complexity index is 4120. The third kappa shape index (κ3) is 45.9. The van der Waals surface area contributed by atoms with Gasteiger partial charge in [0.2, 0.25) is 0 Å². The van der Waals surface area contributed by atoms with E-state index in [2.05, 4.69) is 133 Å². The minimum Gasteiger partial charge on any atom is -0.493 e. The molecule has 5 aliphatic carbocycles. The average molecular weight is 1970 g/mol. The molecule has 15 rings (SSSR count). The summed E-state index contributed by atoms with van der Waals surface area (Å²) in [6, 6.07) is 54.6. The highest BCUT2D eigenvalue weighted by Gasteiger charge is 2.35. The number of aliphatic hydroxyl groups is 2. The van der Waals surface area contributed by atoms with E-state index in [9.17, 15) is 28.8 Å². The summed E-state index contributed by atoms with van der Waals surface area (Å²) in [5, 5.41) is 23.9. The van der Waals surface area contributed by atoms with Crippen molar-refractivity contribution in [1.82, 2.24) is 10.2 Å². The Labute approximate surface area is 796 Å². The predicted molar refractivity (Wildman–Crippen MR) is 528 cm³/mol. The van der Waals surface area contributed by atoms with Crippen LogP contribution in [0.2, 0.25) is 0 Å². The highest BCUT2D eigenvalue weighted by molar-refractivity contribution is 14.1. The summed E-state index contributed by atoms with van der Waals surface area (Å²) in [7, 11) is 2.74. The van der Waals surface area contributed by atoms with Crippen molar-refractivity contribution < 1.29 is 76.9 Å². The summed E-state index contributed by atoms with van der Waals surface area (Å²) >= 11 is 12.5. The molecular formula is C99H138IN7O16S5. The lowest BCUT2D eigenvalue weighted by Gasteiger charge is -2.21. The van der Waals surface area contributed by atoms with Gasteiger partial charge in [-0.25, -0.2) is 0 Å². The maximum atomic E-state index is 12.4. The third-order valence-corrected chi connectivity index (χ3v) is 26.6. The third-order valence-electron chi connectivity index (χ3n) is 21.8. The van der Waals surface area contributed by atoms with Crippen LogP contribution in [0.5, 0.6) is 28.7 Å². The highest BCUT2D eigenvalue weighted by Crippen LogP contribution is 2.34. The normalized spacial score (nSPS) is 16.0. The van der Waals surface area contributed by atoms with Gasteiger partial charge in [-0.2, -0.15) is 12.6 Å². The van der Waals surface area contributed by atoms with E-state index in [4.69, 9.17) is 44.4 Å². The quantitative estimate of drug-likeness (QED) is 0.00335. The summed E-state index contributed by atoms with van der Waals surface area (Å²) in [4.78, 5) is 73.6. The molecule has 7 aromatic rings. The number of amides is 4. The number of esters is 2. The van der Waals surface area contributed by atoms with Crippen LogP contribution < -0.4 is 46.4 Å². The van der Waals surface area contributed by atoms with E-state index in [1.807, 2.05) is 60.7 Å². The van der Waals surface area contributed by atoms with Gasteiger partial charge in [0.25, 0.3) is 23.6 Å². The number of benzene rings is 7. The first-order valence-electron chi connectivity index (χ1n) is 45.3. The second kappa shape index (κ2) is 68.3. The Balaban J connectivity index is 0.000000231. The van der Waals surface area contributed by atoms with Crippen molar-refractivity contribution in [2.75, 3.05) is 116 Å². The predicted octanol–water partition coefficient (Wildman–Crippen LogP) is 21.3. The van der Waals surface area contributed by atoms with Crippen molar-refractivity contribution in [3.63, 3.8) is 0 Å². The number of halogens is 1. The lowest BCUT2D eigenvalue weighted by Crippen LogP contribution is -2.31. The average Bonchev–Trinajstić information content (AvgIpc) is 1.64. The van der Waals surface area contributed by atoms with Gasteiger partial charge in [0.1, 0.15) is 28.7 Å². The molecule has 6 fully saturated rings. The standard InChI is InChI=1S/C23H25NO3S.C16H22O3S.C15H23NOS.C15H22O2S.C13H17IO.C8H5NO2.C4H8O.C3H6O2S.C2H6O.H4N4/c25-22-20-11-4-5-12-21(20)23(26)24(22)13-14-28-19-10-6-9-18(15-19)27-16-17-7-2-1-3-8-17;1-18-16(17)12-20-15-9-5-8-14(10-15)19-11-13-6-3-2-4-7-13;2*16-9-10-18-15-8-4-7-14(11-15)17-12-13-5-2-1-3-6-13;14-12-7-4-8-13(9-12)15-10-11-5-2-1-3-6-11;10-7-5-3-1-2-4-6(5)8(11)9-7;1-2-4-5-3-1;1-5-3(4)2-6;1-2-3;1-3-4-2/h4-6,9-12,15,17H,1-3,7-8,13-14,16H2;5,8-10,13H,2-4,6-7,11-12H2,1H3;4,7-8,11,13H,1-3,5-6,9-10,12,16H2;4,7-8,11,13,16H,1-3,5-6,9-10,12H2;4,7-9,11H,1-3,5-6,10H2;1-4H,(H,9,10,11);1-4H2;6H,2H2,1H3;3H,2H2,1H3;(H2,1,4)(H2,2,3).